The van der Waals surface area contributed by atoms with Crippen LogP contribution in [0, 0.1) is 13.8 Å². The van der Waals surface area contributed by atoms with Gasteiger partial charge in [-0.3, -0.25) is 50.0 Å². The molecular formula is C76H109N26O34P5S5. The summed E-state index contributed by atoms with van der Waals surface area (Å²) in [5, 5.41) is 12.0. The van der Waals surface area contributed by atoms with E-state index in [1.54, 1.807) is 20.8 Å². The lowest BCUT2D eigenvalue weighted by molar-refractivity contribution is -0.0828. The van der Waals surface area contributed by atoms with Gasteiger partial charge in [0.15, 0.2) is 77.0 Å². The average Bonchev–Trinajstić information content (AvgIpc) is 1.63. The zero-order valence-electron chi connectivity index (χ0n) is 78.9. The van der Waals surface area contributed by atoms with Gasteiger partial charge in [-0.2, -0.15) is 9.97 Å². The molecular weight excluding hydrogens is 2140 g/mol. The summed E-state index contributed by atoms with van der Waals surface area (Å²) in [5.74, 6) is -0.153. The topological polar surface area (TPSA) is 759 Å². The van der Waals surface area contributed by atoms with Gasteiger partial charge in [-0.15, -0.1) is 0 Å². The molecule has 146 heavy (non-hydrogen) atoms. The Balaban J connectivity index is 0.688. The van der Waals surface area contributed by atoms with Crippen LogP contribution in [0.5, 0.6) is 0 Å². The fourth-order valence-electron chi connectivity index (χ4n) is 17.0. The highest BCUT2D eigenvalue weighted by Gasteiger charge is 2.58. The summed E-state index contributed by atoms with van der Waals surface area (Å²) in [6, 6.07) is 0. The number of hydrogen-bond acceptors (Lipinski definition) is 54. The van der Waals surface area contributed by atoms with Crippen LogP contribution in [0.25, 0.3) is 44.7 Å². The quantitative estimate of drug-likeness (QED) is 0.0141. The van der Waals surface area contributed by atoms with E-state index in [0.717, 1.165) is 17.2 Å². The van der Waals surface area contributed by atoms with Gasteiger partial charge in [0.2, 0.25) is 0 Å². The first kappa shape index (κ1) is 111. The molecule has 802 valence electrons. The molecule has 60 nitrogen and oxygen atoms in total. The van der Waals surface area contributed by atoms with E-state index < -0.39 is 219 Å². The third-order valence-electron chi connectivity index (χ3n) is 23.9. The van der Waals surface area contributed by atoms with Gasteiger partial charge in [-0.1, -0.05) is 19.2 Å². The molecule has 6 saturated heterocycles. The number of anilines is 6. The predicted octanol–water partition coefficient (Wildman–Crippen LogP) is 0.587. The minimum Gasteiger partial charge on any atom is -0.387 e. The number of rotatable bonds is 52. The molecule has 16 heterocycles. The number of nitrogens with two attached hydrogens (primary N) is 6. The molecule has 11 unspecified atom stereocenters. The minimum atomic E-state index is -5.00. The number of aryl methyl sites for hydroxylation is 2. The number of aromatic nitrogens is 20. The number of thiol groups is 1. The van der Waals surface area contributed by atoms with Crippen LogP contribution in [0.15, 0.2) is 72.6 Å². The molecule has 17 N–H and O–H groups in total. The molecule has 6 fully saturated rings. The molecule has 0 saturated carbocycles. The molecule has 16 rings (SSSR count). The van der Waals surface area contributed by atoms with Crippen LogP contribution in [-0.2, 0) is 173 Å². The van der Waals surface area contributed by atoms with E-state index in [0.29, 0.717) is 17.5 Å². The molecule has 6 aliphatic heterocycles. The Morgan fingerprint density at radius 2 is 0.658 bits per heavy atom. The summed E-state index contributed by atoms with van der Waals surface area (Å²) in [5.41, 5.74) is 37.5. The Bertz CT molecular complexity index is 6590. The Morgan fingerprint density at radius 1 is 0.370 bits per heavy atom. The zero-order valence-corrected chi connectivity index (χ0v) is 87.5. The van der Waals surface area contributed by atoms with Crippen LogP contribution >= 0.6 is 45.9 Å². The molecule has 6 aliphatic rings. The summed E-state index contributed by atoms with van der Waals surface area (Å²) < 4.78 is 186. The van der Waals surface area contributed by atoms with Crippen LogP contribution in [0.4, 0.5) is 34.9 Å². The second kappa shape index (κ2) is 48.3. The molecule has 70 heteroatoms. The van der Waals surface area contributed by atoms with Crippen molar-refractivity contribution in [2.45, 2.75) is 175 Å². The van der Waals surface area contributed by atoms with Crippen molar-refractivity contribution in [2.24, 2.45) is 0 Å². The molecule has 0 aliphatic carbocycles. The van der Waals surface area contributed by atoms with Gasteiger partial charge in [0.1, 0.15) is 157 Å². The average molecular weight is 2250 g/mol. The monoisotopic (exact) mass is 2240 g/mol. The van der Waals surface area contributed by atoms with Crippen molar-refractivity contribution in [1.29, 1.82) is 0 Å². The summed E-state index contributed by atoms with van der Waals surface area (Å²) in [7, 11) is 7.08. The van der Waals surface area contributed by atoms with Crippen LogP contribution in [-0.4, -0.2) is 360 Å². The minimum absolute atomic E-state index is 0.00230. The molecule has 0 bridgehead atoms. The summed E-state index contributed by atoms with van der Waals surface area (Å²) >= 11 is 28.0. The Labute approximate surface area is 854 Å². The molecule has 10 aromatic heterocycles. The van der Waals surface area contributed by atoms with Crippen LogP contribution in [0.3, 0.4) is 0 Å². The van der Waals surface area contributed by atoms with Gasteiger partial charge < -0.3 is 157 Å². The van der Waals surface area contributed by atoms with Crippen molar-refractivity contribution in [1.82, 2.24) is 97.2 Å². The third kappa shape index (κ3) is 25.4. The van der Waals surface area contributed by atoms with Crippen LogP contribution < -0.4 is 45.8 Å². The fourth-order valence-corrected chi connectivity index (χ4v) is 24.3. The molecule has 0 amide bonds. The first-order valence-electron chi connectivity index (χ1n) is 44.7. The van der Waals surface area contributed by atoms with E-state index >= 15 is 4.57 Å². The number of methoxy groups -OCH3 is 5. The van der Waals surface area contributed by atoms with E-state index in [1.165, 1.54) is 109 Å². The van der Waals surface area contributed by atoms with Crippen molar-refractivity contribution in [3.05, 3.63) is 95.1 Å². The fraction of sp³-hybridized carbons (Fsp3) is 0.632. The Morgan fingerprint density at radius 3 is 1.00 bits per heavy atom. The van der Waals surface area contributed by atoms with Crippen molar-refractivity contribution in [3.8, 4) is 0 Å². The van der Waals surface area contributed by atoms with E-state index in [-0.39, 0.29) is 152 Å². The molecule has 0 spiro atoms. The first-order valence-corrected chi connectivity index (χ1v) is 57.8. The number of aliphatic hydroxyl groups excluding tert-OH is 1. The van der Waals surface area contributed by atoms with Gasteiger partial charge in [-0.25, -0.2) is 74.0 Å². The normalized spacial score (nSPS) is 29.2. The summed E-state index contributed by atoms with van der Waals surface area (Å²) in [4.78, 5) is 137. The maximum absolute atomic E-state index is 15.7. The predicted molar refractivity (Wildman–Crippen MR) is 523 cm³/mol. The number of fused-ring (bicyclic) bond motifs is 4. The van der Waals surface area contributed by atoms with Crippen molar-refractivity contribution in [3.63, 3.8) is 0 Å². The smallest absolute Gasteiger partial charge is 0.386 e. The SMILES string of the molecule is CC[C@H]1O[C@@H](n2cc(C)c(N)nc2=O)CC1OP(O)(=S)OC[C@H]1O[C@@H](n2cnc3c(N)ncnc32)[C@@H](OCCOC)C1OP(=O)(S)OC[C@H]1O[C@@H](n2cnc3c(N)ncnc32)[C@@H](OCCOC)C1OP(O)(=S)OC[C@H]1O[C@@H](n2cnc3c(N)ncnc32)[C@@H](OCCOC)C1OP(O)(=S)OC[C@H]1O[C@@H](n2cc(C)c(N)nc2=O)[C@@H](OCCOC)C1OP(O)(=S)OC[C@H]1O[C@@H](n2cnc3c(N)ncnc32)[C@@H](OCCOC)C1O. The maximum Gasteiger partial charge on any atom is 0.386 e. The second-order valence-corrected chi connectivity index (χ2v) is 47.3. The van der Waals surface area contributed by atoms with E-state index in [4.69, 9.17) is 203 Å². The van der Waals surface area contributed by atoms with Crippen molar-refractivity contribution >= 4 is 173 Å². The van der Waals surface area contributed by atoms with E-state index in [1.807, 2.05) is 0 Å². The van der Waals surface area contributed by atoms with Crippen LogP contribution in [0.1, 0.15) is 68.3 Å². The maximum atomic E-state index is 15.7. The second-order valence-electron chi connectivity index (χ2n) is 33.3. The lowest BCUT2D eigenvalue weighted by Crippen LogP contribution is -2.41. The highest BCUT2D eigenvalue weighted by Crippen LogP contribution is 2.61. The summed E-state index contributed by atoms with van der Waals surface area (Å²) in [6.07, 6.45) is -19.3. The van der Waals surface area contributed by atoms with Gasteiger partial charge >= 0.3 is 45.1 Å². The number of hydrogen-bond donors (Lipinski definition) is 12. The Hall–Kier alpha value is -7.30. The number of aliphatic hydroxyl groups is 1. The number of ether oxygens (including phenoxy) is 16. The molecule has 0 aromatic carbocycles. The zero-order chi connectivity index (χ0) is 104. The van der Waals surface area contributed by atoms with Gasteiger partial charge in [0, 0.05) is 65.5 Å². The largest absolute Gasteiger partial charge is 0.387 e. The van der Waals surface area contributed by atoms with Gasteiger partial charge in [0.05, 0.1) is 137 Å². The molecule has 28 atom stereocenters. The van der Waals surface area contributed by atoms with Gasteiger partial charge in [-0.05, 0) is 67.5 Å². The van der Waals surface area contributed by atoms with Crippen molar-refractivity contribution in [2.75, 3.05) is 169 Å². The highest BCUT2D eigenvalue weighted by atomic mass is 32.7. The van der Waals surface area contributed by atoms with Crippen molar-refractivity contribution < 1.29 is 150 Å². The lowest BCUT2D eigenvalue weighted by Gasteiger charge is -2.31. The first-order chi connectivity index (χ1) is 69.8. The van der Waals surface area contributed by atoms with E-state index in [2.05, 4.69) is 82.0 Å². The number of nitrogens with zero attached hydrogens (tertiary/aromatic N) is 20. The van der Waals surface area contributed by atoms with Gasteiger partial charge in [0.25, 0.3) is 0 Å². The summed E-state index contributed by atoms with van der Waals surface area (Å²) in [6.45, 7) is -24.0. The van der Waals surface area contributed by atoms with Crippen LogP contribution in [0.2, 0.25) is 0 Å². The Kier molecular flexibility index (Phi) is 36.9. The standard InChI is InChI=1S/C76H109N26O34P5S5/c1-9-38-39(20-45(126-38)97-21-36(2)60(77)95-75(97)104)132-137(106,142)122-24-42-52(57(118-17-12-113-6)72(129-42)100-33-92-47-63(80)84-29-88-67(47)100)134-140(109,145)124-26-44-54(59(120-19-14-115-8)74(131-44)102-35-94-49-65(82)86-31-90-69(49)102)136-141(110,146)125-27-43-53(58(119-18-13-114-7)73(130-43)101-34-93-48-64(81)85-30-89-68(48)101)135-139(108,144)123-25-41-51(56(117-16-11-112-5)71(128-41)98-22-37(3)61(78)96-76(98)105)133-138(107,143)121-23-40-50(103)55(116-15-10-111-4)70(127-40)99-32-91-46-62(79)83-28-87-66(46)99/h21-22,28-35,38-45,50-59,70-74,103H,9-20,23-27H2,1-8H3,(H,106,142)(H,107,143)(H,108,144)(H,109,145)(H,110,146)(H2,77,95,104)(H2,78,96,105)(H2,79,83,87)(H2,80,84,88)(H2,81,85,89)(H2,82,86,90)/t38-,39?,40-,41-,42-,43-,44-,45-,50?,51?,52?,53?,54?,55+,56+,57+,58+,59+,70-,71-,72-,73-,74-,137?,138?,139?,140?,141?/m1/s1. The third-order valence-corrected chi connectivity index (χ3v) is 31.8. The molecule has 10 aromatic rings. The lowest BCUT2D eigenvalue weighted by atomic mass is 10.1. The van der Waals surface area contributed by atoms with E-state index in [9.17, 15) is 34.3 Å². The molecule has 0 radical (unpaired) electrons. The number of imidazole rings is 4. The number of nitrogen functional groups attached to an aromatic ring is 6. The highest BCUT2D eigenvalue weighted by molar-refractivity contribution is 8.44.